The van der Waals surface area contributed by atoms with E-state index in [4.69, 9.17) is 5.73 Å². The third-order valence-electron chi connectivity index (χ3n) is 4.52. The van der Waals surface area contributed by atoms with Gasteiger partial charge in [0.1, 0.15) is 0 Å². The standard InChI is InChI=1S/C13H23BrN2O/c1-10(15)12(17)16-7-6-13(9-16)4-2-11(8-14)3-5-13/h10-11H,2-9,15H2,1H3. The molecule has 2 rings (SSSR count). The van der Waals surface area contributed by atoms with Gasteiger partial charge < -0.3 is 10.6 Å². The van der Waals surface area contributed by atoms with E-state index in [9.17, 15) is 4.79 Å². The Morgan fingerprint density at radius 1 is 1.47 bits per heavy atom. The number of hydrogen-bond donors (Lipinski definition) is 1. The van der Waals surface area contributed by atoms with Crippen molar-refractivity contribution in [3.8, 4) is 0 Å². The molecule has 0 radical (unpaired) electrons. The number of carbonyl (C=O) groups is 1. The number of carbonyl (C=O) groups excluding carboxylic acids is 1. The Morgan fingerprint density at radius 3 is 2.65 bits per heavy atom. The molecular formula is C13H23BrN2O. The van der Waals surface area contributed by atoms with Gasteiger partial charge in [-0.1, -0.05) is 15.9 Å². The zero-order valence-corrected chi connectivity index (χ0v) is 12.2. The molecule has 1 spiro atoms. The first kappa shape index (κ1) is 13.3. The molecule has 1 unspecified atom stereocenters. The Balaban J connectivity index is 1.91. The van der Waals surface area contributed by atoms with E-state index < -0.39 is 0 Å². The minimum Gasteiger partial charge on any atom is -0.341 e. The van der Waals surface area contributed by atoms with Crippen LogP contribution in [-0.2, 0) is 4.79 Å². The van der Waals surface area contributed by atoms with Gasteiger partial charge in [0.05, 0.1) is 6.04 Å². The topological polar surface area (TPSA) is 46.3 Å². The van der Waals surface area contributed by atoms with Crippen LogP contribution in [0.4, 0.5) is 0 Å². The lowest BCUT2D eigenvalue weighted by atomic mass is 9.70. The molecule has 2 aliphatic rings. The van der Waals surface area contributed by atoms with E-state index in [0.29, 0.717) is 5.41 Å². The predicted molar refractivity (Wildman–Crippen MR) is 73.0 cm³/mol. The molecule has 4 heteroatoms. The molecule has 2 N–H and O–H groups in total. The van der Waals surface area contributed by atoms with E-state index in [1.807, 2.05) is 4.90 Å². The van der Waals surface area contributed by atoms with Crippen molar-refractivity contribution in [2.24, 2.45) is 17.1 Å². The summed E-state index contributed by atoms with van der Waals surface area (Å²) in [6.07, 6.45) is 6.37. The van der Waals surface area contributed by atoms with Crippen molar-refractivity contribution in [2.75, 3.05) is 18.4 Å². The average molecular weight is 303 g/mol. The summed E-state index contributed by atoms with van der Waals surface area (Å²) < 4.78 is 0. The number of alkyl halides is 1. The fourth-order valence-corrected chi connectivity index (χ4v) is 3.91. The molecule has 3 nitrogen and oxygen atoms in total. The first-order valence-corrected chi connectivity index (χ1v) is 7.79. The quantitative estimate of drug-likeness (QED) is 0.795. The van der Waals surface area contributed by atoms with Gasteiger partial charge in [-0.25, -0.2) is 0 Å². The van der Waals surface area contributed by atoms with Gasteiger partial charge in [-0.3, -0.25) is 4.79 Å². The Bertz CT molecular complexity index is 285. The molecule has 0 aromatic carbocycles. The third-order valence-corrected chi connectivity index (χ3v) is 5.44. The summed E-state index contributed by atoms with van der Waals surface area (Å²) in [6.45, 7) is 3.65. The summed E-state index contributed by atoms with van der Waals surface area (Å²) in [6, 6.07) is -0.343. The highest BCUT2D eigenvalue weighted by Crippen LogP contribution is 2.45. The number of amides is 1. The number of rotatable bonds is 2. The molecule has 1 amide bonds. The minimum absolute atomic E-state index is 0.129. The van der Waals surface area contributed by atoms with Gasteiger partial charge in [0.25, 0.3) is 0 Å². The van der Waals surface area contributed by atoms with Gasteiger partial charge in [-0.05, 0) is 50.4 Å². The summed E-state index contributed by atoms with van der Waals surface area (Å²) in [4.78, 5) is 13.9. The van der Waals surface area contributed by atoms with Crippen LogP contribution >= 0.6 is 15.9 Å². The lowest BCUT2D eigenvalue weighted by Gasteiger charge is -2.36. The number of nitrogens with zero attached hydrogens (tertiary/aromatic N) is 1. The summed E-state index contributed by atoms with van der Waals surface area (Å²) in [5.74, 6) is 0.975. The normalized spacial score (nSPS) is 35.2. The smallest absolute Gasteiger partial charge is 0.239 e. The number of nitrogens with two attached hydrogens (primary N) is 1. The summed E-state index contributed by atoms with van der Waals surface area (Å²) in [5, 5.41) is 1.13. The van der Waals surface area contributed by atoms with Crippen LogP contribution in [0.5, 0.6) is 0 Å². The van der Waals surface area contributed by atoms with Gasteiger partial charge in [-0.15, -0.1) is 0 Å². The Hall–Kier alpha value is -0.0900. The van der Waals surface area contributed by atoms with E-state index in [1.165, 1.54) is 32.1 Å². The van der Waals surface area contributed by atoms with Crippen molar-refractivity contribution < 1.29 is 4.79 Å². The molecule has 1 aliphatic carbocycles. The van der Waals surface area contributed by atoms with Gasteiger partial charge >= 0.3 is 0 Å². The van der Waals surface area contributed by atoms with E-state index >= 15 is 0 Å². The van der Waals surface area contributed by atoms with Gasteiger partial charge in [0, 0.05) is 18.4 Å². The first-order chi connectivity index (χ1) is 8.06. The Labute approximate surface area is 112 Å². The highest BCUT2D eigenvalue weighted by molar-refractivity contribution is 9.09. The Kier molecular flexibility index (Phi) is 4.14. The summed E-state index contributed by atoms with van der Waals surface area (Å²) >= 11 is 3.58. The highest BCUT2D eigenvalue weighted by Gasteiger charge is 2.42. The summed E-state index contributed by atoms with van der Waals surface area (Å²) in [7, 11) is 0. The molecule has 17 heavy (non-hydrogen) atoms. The molecule has 1 saturated carbocycles. The maximum Gasteiger partial charge on any atom is 0.239 e. The Morgan fingerprint density at radius 2 is 2.12 bits per heavy atom. The van der Waals surface area contributed by atoms with Crippen LogP contribution < -0.4 is 5.73 Å². The summed E-state index contributed by atoms with van der Waals surface area (Å²) in [5.41, 5.74) is 6.10. The molecule has 98 valence electrons. The van der Waals surface area contributed by atoms with Crippen molar-refractivity contribution in [2.45, 2.75) is 45.1 Å². The van der Waals surface area contributed by atoms with Crippen molar-refractivity contribution in [1.82, 2.24) is 4.90 Å². The molecule has 2 fully saturated rings. The molecular weight excluding hydrogens is 280 g/mol. The molecule has 1 heterocycles. The zero-order valence-electron chi connectivity index (χ0n) is 10.6. The second kappa shape index (κ2) is 5.27. The molecule has 0 aromatic rings. The first-order valence-electron chi connectivity index (χ1n) is 6.67. The van der Waals surface area contributed by atoms with Crippen LogP contribution in [0.15, 0.2) is 0 Å². The highest BCUT2D eigenvalue weighted by atomic mass is 79.9. The van der Waals surface area contributed by atoms with E-state index in [-0.39, 0.29) is 11.9 Å². The fourth-order valence-electron chi connectivity index (χ4n) is 3.26. The van der Waals surface area contributed by atoms with Gasteiger partial charge in [0.2, 0.25) is 5.91 Å². The van der Waals surface area contributed by atoms with Crippen LogP contribution in [0, 0.1) is 11.3 Å². The van der Waals surface area contributed by atoms with Crippen molar-refractivity contribution in [3.05, 3.63) is 0 Å². The SMILES string of the molecule is CC(N)C(=O)N1CCC2(CCC(CBr)CC2)C1. The van der Waals surface area contributed by atoms with Crippen LogP contribution in [0.3, 0.4) is 0 Å². The molecule has 0 bridgehead atoms. The largest absolute Gasteiger partial charge is 0.341 e. The van der Waals surface area contributed by atoms with Crippen LogP contribution in [0.25, 0.3) is 0 Å². The second-order valence-electron chi connectivity index (χ2n) is 5.90. The molecule has 1 saturated heterocycles. The number of halogens is 1. The lowest BCUT2D eigenvalue weighted by Crippen LogP contribution is -2.42. The fraction of sp³-hybridized carbons (Fsp3) is 0.923. The number of hydrogen-bond acceptors (Lipinski definition) is 2. The van der Waals surface area contributed by atoms with Gasteiger partial charge in [0.15, 0.2) is 0 Å². The lowest BCUT2D eigenvalue weighted by molar-refractivity contribution is -0.131. The van der Waals surface area contributed by atoms with Gasteiger partial charge in [-0.2, -0.15) is 0 Å². The minimum atomic E-state index is -0.343. The van der Waals surface area contributed by atoms with Crippen LogP contribution in [-0.4, -0.2) is 35.3 Å². The predicted octanol–water partition coefficient (Wildman–Crippen LogP) is 2.14. The van der Waals surface area contributed by atoms with Crippen molar-refractivity contribution in [3.63, 3.8) is 0 Å². The maximum absolute atomic E-state index is 11.9. The van der Waals surface area contributed by atoms with E-state index in [1.54, 1.807) is 6.92 Å². The zero-order chi connectivity index (χ0) is 12.5. The van der Waals surface area contributed by atoms with Crippen molar-refractivity contribution >= 4 is 21.8 Å². The van der Waals surface area contributed by atoms with Crippen LogP contribution in [0.1, 0.15) is 39.0 Å². The second-order valence-corrected chi connectivity index (χ2v) is 6.54. The molecule has 0 aromatic heterocycles. The van der Waals surface area contributed by atoms with E-state index in [0.717, 1.165) is 24.3 Å². The molecule has 1 atom stereocenters. The van der Waals surface area contributed by atoms with E-state index in [2.05, 4.69) is 15.9 Å². The third kappa shape index (κ3) is 2.84. The van der Waals surface area contributed by atoms with Crippen LogP contribution in [0.2, 0.25) is 0 Å². The monoisotopic (exact) mass is 302 g/mol. The molecule has 1 aliphatic heterocycles. The van der Waals surface area contributed by atoms with Crippen molar-refractivity contribution in [1.29, 1.82) is 0 Å². The average Bonchev–Trinajstić information content (AvgIpc) is 2.73. The number of likely N-dealkylation sites (tertiary alicyclic amines) is 1. The maximum atomic E-state index is 11.9.